The molecule has 23 heavy (non-hydrogen) atoms. The lowest BCUT2D eigenvalue weighted by molar-refractivity contribution is 0.172. The van der Waals surface area contributed by atoms with Crippen LogP contribution < -0.4 is 10.6 Å². The van der Waals surface area contributed by atoms with E-state index in [9.17, 15) is 9.90 Å². The third-order valence-corrected chi connectivity index (χ3v) is 3.60. The molecule has 0 heterocycles. The van der Waals surface area contributed by atoms with Crippen LogP contribution in [-0.4, -0.2) is 23.8 Å². The van der Waals surface area contributed by atoms with Gasteiger partial charge < -0.3 is 15.7 Å². The summed E-state index contributed by atoms with van der Waals surface area (Å²) in [5.74, 6) is 0. The van der Waals surface area contributed by atoms with E-state index in [1.165, 1.54) is 0 Å². The molecular weight excluding hydrogens is 288 g/mol. The maximum atomic E-state index is 12.0. The average molecular weight is 312 g/mol. The molecule has 0 aromatic heterocycles. The number of aliphatic hydroxyl groups is 1. The van der Waals surface area contributed by atoms with Crippen LogP contribution in [0.5, 0.6) is 0 Å². The van der Waals surface area contributed by atoms with Gasteiger partial charge in [0.1, 0.15) is 0 Å². The molecule has 0 fully saturated rings. The molecule has 2 aromatic carbocycles. The molecule has 0 radical (unpaired) electrons. The number of benzene rings is 2. The van der Waals surface area contributed by atoms with Crippen LogP contribution in [0.1, 0.15) is 24.5 Å². The van der Waals surface area contributed by atoms with Crippen molar-refractivity contribution in [3.05, 3.63) is 65.7 Å². The van der Waals surface area contributed by atoms with Crippen LogP contribution in [0.2, 0.25) is 0 Å². The van der Waals surface area contributed by atoms with Gasteiger partial charge in [-0.15, -0.1) is 0 Å². The van der Waals surface area contributed by atoms with Crippen molar-refractivity contribution in [3.8, 4) is 0 Å². The topological polar surface area (TPSA) is 61.4 Å². The quantitative estimate of drug-likeness (QED) is 0.734. The SMILES string of the molecule is CCCc1ccccc1NC(=O)NCC(O)Cc1ccccc1. The van der Waals surface area contributed by atoms with Crippen LogP contribution in [0.3, 0.4) is 0 Å². The van der Waals surface area contributed by atoms with Gasteiger partial charge in [-0.25, -0.2) is 4.79 Å². The summed E-state index contributed by atoms with van der Waals surface area (Å²) >= 11 is 0. The normalized spacial score (nSPS) is 11.7. The summed E-state index contributed by atoms with van der Waals surface area (Å²) in [5.41, 5.74) is 3.00. The zero-order chi connectivity index (χ0) is 16.5. The number of rotatable bonds is 7. The smallest absolute Gasteiger partial charge is 0.319 e. The molecule has 1 atom stereocenters. The summed E-state index contributed by atoms with van der Waals surface area (Å²) in [6.45, 7) is 2.33. The van der Waals surface area contributed by atoms with Crippen LogP contribution in [0.15, 0.2) is 54.6 Å². The number of urea groups is 1. The van der Waals surface area contributed by atoms with Crippen molar-refractivity contribution in [2.75, 3.05) is 11.9 Å². The minimum atomic E-state index is -0.603. The van der Waals surface area contributed by atoms with Gasteiger partial charge in [0.15, 0.2) is 0 Å². The fourth-order valence-electron chi connectivity index (χ4n) is 2.46. The van der Waals surface area contributed by atoms with Crippen LogP contribution in [0.25, 0.3) is 0 Å². The molecule has 0 saturated carbocycles. The number of anilines is 1. The Hall–Kier alpha value is -2.33. The summed E-state index contributed by atoms with van der Waals surface area (Å²) in [7, 11) is 0. The fourth-order valence-corrected chi connectivity index (χ4v) is 2.46. The van der Waals surface area contributed by atoms with Crippen molar-refractivity contribution in [1.29, 1.82) is 0 Å². The van der Waals surface area contributed by atoms with Gasteiger partial charge in [-0.05, 0) is 23.6 Å². The number of hydrogen-bond donors (Lipinski definition) is 3. The van der Waals surface area contributed by atoms with E-state index in [4.69, 9.17) is 0 Å². The average Bonchev–Trinajstić information content (AvgIpc) is 2.56. The Labute approximate surface area is 137 Å². The zero-order valence-corrected chi connectivity index (χ0v) is 13.5. The molecule has 2 aromatic rings. The Morgan fingerprint density at radius 1 is 1.09 bits per heavy atom. The van der Waals surface area contributed by atoms with E-state index in [2.05, 4.69) is 17.6 Å². The number of hydrogen-bond acceptors (Lipinski definition) is 2. The molecule has 0 bridgehead atoms. The summed E-state index contributed by atoms with van der Waals surface area (Å²) in [6.07, 6.45) is 1.87. The second kappa shape index (κ2) is 8.96. The highest BCUT2D eigenvalue weighted by atomic mass is 16.3. The van der Waals surface area contributed by atoms with Crippen molar-refractivity contribution in [1.82, 2.24) is 5.32 Å². The molecule has 2 rings (SSSR count). The fraction of sp³-hybridized carbons (Fsp3) is 0.316. The summed E-state index contributed by atoms with van der Waals surface area (Å²) in [5, 5.41) is 15.6. The highest BCUT2D eigenvalue weighted by molar-refractivity contribution is 5.90. The van der Waals surface area contributed by atoms with Gasteiger partial charge in [-0.3, -0.25) is 0 Å². The second-order valence-electron chi connectivity index (χ2n) is 5.59. The summed E-state index contributed by atoms with van der Waals surface area (Å²) < 4.78 is 0. The zero-order valence-electron chi connectivity index (χ0n) is 13.5. The molecule has 2 amide bonds. The Morgan fingerprint density at radius 2 is 1.78 bits per heavy atom. The van der Waals surface area contributed by atoms with E-state index in [0.29, 0.717) is 6.42 Å². The van der Waals surface area contributed by atoms with Crippen molar-refractivity contribution < 1.29 is 9.90 Å². The van der Waals surface area contributed by atoms with Gasteiger partial charge in [-0.2, -0.15) is 0 Å². The lowest BCUT2D eigenvalue weighted by atomic mass is 10.1. The number of aliphatic hydroxyl groups excluding tert-OH is 1. The lowest BCUT2D eigenvalue weighted by Gasteiger charge is -2.14. The Bertz CT molecular complexity index is 614. The van der Waals surface area contributed by atoms with Gasteiger partial charge in [0.2, 0.25) is 0 Å². The van der Waals surface area contributed by atoms with E-state index < -0.39 is 6.10 Å². The summed E-state index contributed by atoms with van der Waals surface area (Å²) in [4.78, 5) is 12.0. The number of aryl methyl sites for hydroxylation is 1. The molecule has 0 spiro atoms. The van der Waals surface area contributed by atoms with Crippen molar-refractivity contribution in [3.63, 3.8) is 0 Å². The molecule has 0 saturated heterocycles. The predicted octanol–water partition coefficient (Wildman–Crippen LogP) is 3.36. The molecule has 0 aliphatic rings. The van der Waals surface area contributed by atoms with Crippen molar-refractivity contribution in [2.24, 2.45) is 0 Å². The number of carbonyl (C=O) groups excluding carboxylic acids is 1. The van der Waals surface area contributed by atoms with E-state index in [0.717, 1.165) is 29.7 Å². The molecule has 4 nitrogen and oxygen atoms in total. The molecule has 0 aliphatic heterocycles. The van der Waals surface area contributed by atoms with Crippen LogP contribution in [-0.2, 0) is 12.8 Å². The number of amides is 2. The minimum Gasteiger partial charge on any atom is -0.391 e. The maximum absolute atomic E-state index is 12.0. The van der Waals surface area contributed by atoms with Crippen molar-refractivity contribution in [2.45, 2.75) is 32.3 Å². The van der Waals surface area contributed by atoms with Gasteiger partial charge in [0.05, 0.1) is 6.10 Å². The number of nitrogens with one attached hydrogen (secondary N) is 2. The first-order chi connectivity index (χ1) is 11.2. The first-order valence-electron chi connectivity index (χ1n) is 8.03. The molecule has 4 heteroatoms. The van der Waals surface area contributed by atoms with Gasteiger partial charge in [-0.1, -0.05) is 61.9 Å². The maximum Gasteiger partial charge on any atom is 0.319 e. The van der Waals surface area contributed by atoms with Gasteiger partial charge >= 0.3 is 6.03 Å². The molecule has 0 aliphatic carbocycles. The third-order valence-electron chi connectivity index (χ3n) is 3.60. The van der Waals surface area contributed by atoms with Gasteiger partial charge in [0, 0.05) is 18.7 Å². The Balaban J connectivity index is 1.81. The lowest BCUT2D eigenvalue weighted by Crippen LogP contribution is -2.36. The van der Waals surface area contributed by atoms with E-state index in [1.807, 2.05) is 54.6 Å². The van der Waals surface area contributed by atoms with E-state index >= 15 is 0 Å². The molecule has 3 N–H and O–H groups in total. The highest BCUT2D eigenvalue weighted by Gasteiger charge is 2.09. The first kappa shape index (κ1) is 17.0. The predicted molar refractivity (Wildman–Crippen MR) is 93.6 cm³/mol. The summed E-state index contributed by atoms with van der Waals surface area (Å²) in [6, 6.07) is 17.2. The highest BCUT2D eigenvalue weighted by Crippen LogP contribution is 2.16. The van der Waals surface area contributed by atoms with Crippen LogP contribution >= 0.6 is 0 Å². The number of carbonyl (C=O) groups is 1. The van der Waals surface area contributed by atoms with Crippen LogP contribution in [0.4, 0.5) is 10.5 Å². The van der Waals surface area contributed by atoms with Crippen LogP contribution in [0, 0.1) is 0 Å². The standard InChI is InChI=1S/C19H24N2O2/c1-2-8-16-11-6-7-12-18(16)21-19(23)20-14-17(22)13-15-9-4-3-5-10-15/h3-7,9-12,17,22H,2,8,13-14H2,1H3,(H2,20,21,23). The monoisotopic (exact) mass is 312 g/mol. The minimum absolute atomic E-state index is 0.219. The second-order valence-corrected chi connectivity index (χ2v) is 5.59. The van der Waals surface area contributed by atoms with Gasteiger partial charge in [0.25, 0.3) is 0 Å². The molecule has 122 valence electrons. The first-order valence-corrected chi connectivity index (χ1v) is 8.03. The van der Waals surface area contributed by atoms with Crippen molar-refractivity contribution >= 4 is 11.7 Å². The largest absolute Gasteiger partial charge is 0.391 e. The Morgan fingerprint density at radius 3 is 2.52 bits per heavy atom. The Kier molecular flexibility index (Phi) is 6.63. The number of para-hydroxylation sites is 1. The molecule has 1 unspecified atom stereocenters. The van der Waals surface area contributed by atoms with E-state index in [-0.39, 0.29) is 12.6 Å². The van der Waals surface area contributed by atoms with E-state index in [1.54, 1.807) is 0 Å². The third kappa shape index (κ3) is 5.75. The molecular formula is C19H24N2O2.